The molecule has 0 radical (unpaired) electrons. The Kier molecular flexibility index (Phi) is 4.02. The number of rotatable bonds is 5. The second-order valence-corrected chi connectivity index (χ2v) is 5.34. The fourth-order valence-corrected chi connectivity index (χ4v) is 2.41. The first kappa shape index (κ1) is 12.4. The fraction of sp³-hybridized carbons (Fsp3) is 0.455. The first-order valence-corrected chi connectivity index (χ1v) is 6.76. The molecule has 0 saturated heterocycles. The summed E-state index contributed by atoms with van der Waals surface area (Å²) in [6.45, 7) is 5.72. The van der Waals surface area contributed by atoms with Crippen LogP contribution in [0.1, 0.15) is 23.9 Å². The molecule has 0 aliphatic rings. The molecule has 0 spiro atoms. The van der Waals surface area contributed by atoms with Gasteiger partial charge in [-0.1, -0.05) is 18.5 Å². The van der Waals surface area contributed by atoms with E-state index in [-0.39, 0.29) is 0 Å². The van der Waals surface area contributed by atoms with Crippen molar-refractivity contribution in [1.82, 2.24) is 14.8 Å². The Bertz CT molecular complexity index is 472. The third-order valence-corrected chi connectivity index (χ3v) is 3.59. The molecule has 0 unspecified atom stereocenters. The molecule has 0 aliphatic carbocycles. The standard InChI is InChI=1S/C11H15ClN4S/c1-3-4-13-11-14-5-9(17-11)6-16-7-10(12)8(2)15-16/h5,7H,3-4,6H2,1-2H3,(H,13,14). The van der Waals surface area contributed by atoms with Gasteiger partial charge < -0.3 is 5.32 Å². The van der Waals surface area contributed by atoms with Gasteiger partial charge in [-0.05, 0) is 13.3 Å². The lowest BCUT2D eigenvalue weighted by molar-refractivity contribution is 0.686. The molecular weight excluding hydrogens is 256 g/mol. The van der Waals surface area contributed by atoms with Crippen molar-refractivity contribution in [3.8, 4) is 0 Å². The molecule has 0 bridgehead atoms. The van der Waals surface area contributed by atoms with E-state index in [4.69, 9.17) is 11.6 Å². The van der Waals surface area contributed by atoms with Crippen molar-refractivity contribution in [2.45, 2.75) is 26.8 Å². The largest absolute Gasteiger partial charge is 0.362 e. The molecule has 0 aromatic carbocycles. The summed E-state index contributed by atoms with van der Waals surface area (Å²) in [6, 6.07) is 0. The van der Waals surface area contributed by atoms with Gasteiger partial charge in [0.15, 0.2) is 5.13 Å². The van der Waals surface area contributed by atoms with Crippen LogP contribution in [-0.2, 0) is 6.54 Å². The molecule has 2 aromatic heterocycles. The van der Waals surface area contributed by atoms with Crippen molar-refractivity contribution in [2.24, 2.45) is 0 Å². The van der Waals surface area contributed by atoms with Crippen LogP contribution in [0.25, 0.3) is 0 Å². The van der Waals surface area contributed by atoms with Crippen LogP contribution in [0.15, 0.2) is 12.4 Å². The summed E-state index contributed by atoms with van der Waals surface area (Å²) in [4.78, 5) is 5.48. The van der Waals surface area contributed by atoms with E-state index in [1.165, 1.54) is 4.88 Å². The van der Waals surface area contributed by atoms with Crippen LogP contribution in [0.5, 0.6) is 0 Å². The summed E-state index contributed by atoms with van der Waals surface area (Å²) in [6.07, 6.45) is 4.83. The zero-order chi connectivity index (χ0) is 12.3. The van der Waals surface area contributed by atoms with Gasteiger partial charge in [-0.15, -0.1) is 11.3 Å². The van der Waals surface area contributed by atoms with E-state index >= 15 is 0 Å². The highest BCUT2D eigenvalue weighted by molar-refractivity contribution is 7.15. The molecule has 0 saturated carbocycles. The predicted molar refractivity (Wildman–Crippen MR) is 72.0 cm³/mol. The van der Waals surface area contributed by atoms with Gasteiger partial charge in [0.2, 0.25) is 0 Å². The van der Waals surface area contributed by atoms with Gasteiger partial charge in [0, 0.05) is 23.8 Å². The second-order valence-electron chi connectivity index (χ2n) is 3.82. The number of halogens is 1. The van der Waals surface area contributed by atoms with Gasteiger partial charge in [0.1, 0.15) is 0 Å². The number of nitrogens with zero attached hydrogens (tertiary/aromatic N) is 3. The molecule has 0 aliphatic heterocycles. The number of nitrogens with one attached hydrogen (secondary N) is 1. The summed E-state index contributed by atoms with van der Waals surface area (Å²) >= 11 is 7.62. The van der Waals surface area contributed by atoms with Gasteiger partial charge in [-0.25, -0.2) is 4.98 Å². The van der Waals surface area contributed by atoms with Crippen molar-refractivity contribution < 1.29 is 0 Å². The summed E-state index contributed by atoms with van der Waals surface area (Å²) in [5.41, 5.74) is 0.862. The number of hydrogen-bond donors (Lipinski definition) is 1. The summed E-state index contributed by atoms with van der Waals surface area (Å²) < 4.78 is 1.84. The average Bonchev–Trinajstić information content (AvgIpc) is 2.85. The molecule has 0 fully saturated rings. The molecule has 17 heavy (non-hydrogen) atoms. The molecule has 1 N–H and O–H groups in total. The maximum Gasteiger partial charge on any atom is 0.182 e. The van der Waals surface area contributed by atoms with E-state index in [0.717, 1.165) is 30.3 Å². The van der Waals surface area contributed by atoms with Gasteiger partial charge in [0.25, 0.3) is 0 Å². The lowest BCUT2D eigenvalue weighted by atomic mass is 10.5. The van der Waals surface area contributed by atoms with Gasteiger partial charge >= 0.3 is 0 Å². The van der Waals surface area contributed by atoms with Crippen LogP contribution in [0.4, 0.5) is 5.13 Å². The number of hydrogen-bond acceptors (Lipinski definition) is 4. The molecule has 2 aromatic rings. The van der Waals surface area contributed by atoms with Crippen molar-refractivity contribution >= 4 is 28.1 Å². The maximum atomic E-state index is 5.96. The van der Waals surface area contributed by atoms with Crippen LogP contribution in [0, 0.1) is 6.92 Å². The lowest BCUT2D eigenvalue weighted by Gasteiger charge is -1.98. The Balaban J connectivity index is 2.01. The van der Waals surface area contributed by atoms with E-state index < -0.39 is 0 Å². The number of thiazole rings is 1. The van der Waals surface area contributed by atoms with Crippen LogP contribution >= 0.6 is 22.9 Å². The van der Waals surface area contributed by atoms with Crippen LogP contribution in [0.2, 0.25) is 5.02 Å². The zero-order valence-corrected chi connectivity index (χ0v) is 11.5. The van der Waals surface area contributed by atoms with Crippen LogP contribution in [-0.4, -0.2) is 21.3 Å². The van der Waals surface area contributed by atoms with E-state index in [0.29, 0.717) is 5.02 Å². The van der Waals surface area contributed by atoms with Crippen molar-refractivity contribution in [3.63, 3.8) is 0 Å². The first-order chi connectivity index (χ1) is 8.19. The molecule has 4 nitrogen and oxygen atoms in total. The minimum absolute atomic E-state index is 0.707. The topological polar surface area (TPSA) is 42.7 Å². The number of aryl methyl sites for hydroxylation is 1. The SMILES string of the molecule is CCCNc1ncc(Cn2cc(Cl)c(C)n2)s1. The van der Waals surface area contributed by atoms with Gasteiger partial charge in [-0.3, -0.25) is 4.68 Å². The highest BCUT2D eigenvalue weighted by Crippen LogP contribution is 2.20. The van der Waals surface area contributed by atoms with Gasteiger partial charge in [0.05, 0.1) is 17.3 Å². The van der Waals surface area contributed by atoms with Crippen molar-refractivity contribution in [1.29, 1.82) is 0 Å². The third kappa shape index (κ3) is 3.20. The average molecular weight is 271 g/mol. The molecule has 6 heteroatoms. The van der Waals surface area contributed by atoms with Crippen molar-refractivity contribution in [2.75, 3.05) is 11.9 Å². The van der Waals surface area contributed by atoms with Crippen LogP contribution in [0.3, 0.4) is 0 Å². The molecule has 2 heterocycles. The zero-order valence-electron chi connectivity index (χ0n) is 9.90. The highest BCUT2D eigenvalue weighted by Gasteiger charge is 2.05. The van der Waals surface area contributed by atoms with Gasteiger partial charge in [-0.2, -0.15) is 5.10 Å². The highest BCUT2D eigenvalue weighted by atomic mass is 35.5. The molecule has 0 amide bonds. The van der Waals surface area contributed by atoms with E-state index in [1.54, 1.807) is 11.3 Å². The normalized spacial score (nSPS) is 10.8. The van der Waals surface area contributed by atoms with Crippen LogP contribution < -0.4 is 5.32 Å². The Morgan fingerprint density at radius 2 is 2.35 bits per heavy atom. The molecule has 92 valence electrons. The Morgan fingerprint density at radius 1 is 1.53 bits per heavy atom. The Morgan fingerprint density at radius 3 is 3.00 bits per heavy atom. The first-order valence-electron chi connectivity index (χ1n) is 5.57. The third-order valence-electron chi connectivity index (χ3n) is 2.28. The van der Waals surface area contributed by atoms with E-state index in [9.17, 15) is 0 Å². The minimum atomic E-state index is 0.707. The fourth-order valence-electron chi connectivity index (χ4n) is 1.43. The molecular formula is C11H15ClN4S. The maximum absolute atomic E-state index is 5.96. The molecule has 0 atom stereocenters. The monoisotopic (exact) mass is 270 g/mol. The molecule has 2 rings (SSSR count). The number of aromatic nitrogens is 3. The van der Waals surface area contributed by atoms with E-state index in [1.807, 2.05) is 24.0 Å². The number of anilines is 1. The smallest absolute Gasteiger partial charge is 0.182 e. The predicted octanol–water partition coefficient (Wildman–Crippen LogP) is 3.17. The summed E-state index contributed by atoms with van der Waals surface area (Å²) in [7, 11) is 0. The summed E-state index contributed by atoms with van der Waals surface area (Å²) in [5.74, 6) is 0. The van der Waals surface area contributed by atoms with Crippen molar-refractivity contribution in [3.05, 3.63) is 28.0 Å². The Hall–Kier alpha value is -1.07. The second kappa shape index (κ2) is 5.51. The lowest BCUT2D eigenvalue weighted by Crippen LogP contribution is -1.98. The summed E-state index contributed by atoms with van der Waals surface area (Å²) in [5, 5.41) is 9.27. The van der Waals surface area contributed by atoms with E-state index in [2.05, 4.69) is 22.3 Å². The minimum Gasteiger partial charge on any atom is -0.362 e. The quantitative estimate of drug-likeness (QED) is 0.907. The Labute approximate surface area is 110 Å².